The van der Waals surface area contributed by atoms with Gasteiger partial charge in [-0.05, 0) is 24.3 Å². The first-order valence-corrected chi connectivity index (χ1v) is 6.10. The number of rotatable bonds is 3. The normalized spacial score (nSPS) is 10.3. The third-order valence-electron chi connectivity index (χ3n) is 2.77. The van der Waals surface area contributed by atoms with E-state index < -0.39 is 5.82 Å². The van der Waals surface area contributed by atoms with Gasteiger partial charge in [0.2, 0.25) is 0 Å². The molecule has 2 aromatic heterocycles. The molecule has 21 heavy (non-hydrogen) atoms. The lowest BCUT2D eigenvalue weighted by molar-refractivity contribution is 0.102. The number of anilines is 1. The zero-order valence-electron chi connectivity index (χ0n) is 10.8. The van der Waals surface area contributed by atoms with Gasteiger partial charge in [-0.2, -0.15) is 0 Å². The number of carbonyl (C=O) groups excluding carboxylic acids is 1. The first-order chi connectivity index (χ1) is 10.2. The minimum atomic E-state index is -0.393. The van der Waals surface area contributed by atoms with Crippen LogP contribution in [0.25, 0.3) is 5.82 Å². The van der Waals surface area contributed by atoms with Gasteiger partial charge in [0, 0.05) is 24.0 Å². The fourth-order valence-electron chi connectivity index (χ4n) is 1.74. The lowest BCUT2D eigenvalue weighted by atomic mass is 10.2. The van der Waals surface area contributed by atoms with Gasteiger partial charge in [-0.3, -0.25) is 9.36 Å². The largest absolute Gasteiger partial charge is 0.306 e. The molecule has 3 rings (SSSR count). The van der Waals surface area contributed by atoms with Crippen LogP contribution < -0.4 is 5.32 Å². The Morgan fingerprint density at radius 1 is 1.19 bits per heavy atom. The molecule has 0 saturated carbocycles. The lowest BCUT2D eigenvalue weighted by Crippen LogP contribution is -2.13. The number of amides is 1. The van der Waals surface area contributed by atoms with Crippen molar-refractivity contribution in [1.82, 2.24) is 19.5 Å². The van der Waals surface area contributed by atoms with Crippen LogP contribution >= 0.6 is 0 Å². The maximum Gasteiger partial charge on any atom is 0.256 e. The second-order valence-corrected chi connectivity index (χ2v) is 4.19. The van der Waals surface area contributed by atoms with E-state index in [1.807, 2.05) is 0 Å². The Balaban J connectivity index is 1.80. The highest BCUT2D eigenvalue weighted by molar-refractivity contribution is 6.03. The van der Waals surface area contributed by atoms with Crippen molar-refractivity contribution in [2.45, 2.75) is 0 Å². The first-order valence-electron chi connectivity index (χ1n) is 6.10. The van der Waals surface area contributed by atoms with Gasteiger partial charge in [0.15, 0.2) is 0 Å². The molecule has 0 aliphatic rings. The summed E-state index contributed by atoms with van der Waals surface area (Å²) in [4.78, 5) is 24.0. The van der Waals surface area contributed by atoms with Crippen molar-refractivity contribution in [3.63, 3.8) is 0 Å². The molecule has 0 fully saturated rings. The summed E-state index contributed by atoms with van der Waals surface area (Å²) in [6.45, 7) is 0. The number of hydrogen-bond donors (Lipinski definition) is 1. The molecule has 2 heterocycles. The average molecular weight is 283 g/mol. The van der Waals surface area contributed by atoms with Crippen molar-refractivity contribution >= 4 is 11.7 Å². The molecule has 0 aliphatic heterocycles. The summed E-state index contributed by atoms with van der Waals surface area (Å²) in [6.07, 6.45) is 6.29. The van der Waals surface area contributed by atoms with E-state index in [0.29, 0.717) is 17.2 Å². The molecule has 1 aromatic carbocycles. The van der Waals surface area contributed by atoms with E-state index in [1.165, 1.54) is 30.6 Å². The van der Waals surface area contributed by atoms with Gasteiger partial charge in [0.25, 0.3) is 5.91 Å². The molecule has 0 atom stereocenters. The van der Waals surface area contributed by atoms with Gasteiger partial charge in [-0.15, -0.1) is 0 Å². The fraction of sp³-hybridized carbons (Fsp3) is 0. The lowest BCUT2D eigenvalue weighted by Gasteiger charge is -2.06. The van der Waals surface area contributed by atoms with Crippen molar-refractivity contribution in [2.75, 3.05) is 5.32 Å². The van der Waals surface area contributed by atoms with E-state index in [2.05, 4.69) is 20.3 Å². The molecule has 7 heteroatoms. The molecule has 0 spiro atoms. The van der Waals surface area contributed by atoms with Gasteiger partial charge in [-0.25, -0.2) is 19.3 Å². The molecule has 0 bridgehead atoms. The van der Waals surface area contributed by atoms with Gasteiger partial charge >= 0.3 is 0 Å². The van der Waals surface area contributed by atoms with Crippen molar-refractivity contribution in [2.24, 2.45) is 0 Å². The van der Waals surface area contributed by atoms with Crippen molar-refractivity contribution in [3.8, 4) is 5.82 Å². The van der Waals surface area contributed by atoms with Gasteiger partial charge in [0.05, 0.1) is 0 Å². The maximum atomic E-state index is 12.8. The maximum absolute atomic E-state index is 12.8. The summed E-state index contributed by atoms with van der Waals surface area (Å²) in [5.74, 6) is 0.168. The van der Waals surface area contributed by atoms with E-state index in [0.717, 1.165) is 0 Å². The summed E-state index contributed by atoms with van der Waals surface area (Å²) in [5, 5.41) is 2.63. The van der Waals surface area contributed by atoms with Crippen LogP contribution in [-0.2, 0) is 0 Å². The van der Waals surface area contributed by atoms with Crippen LogP contribution in [0.1, 0.15) is 10.4 Å². The summed E-state index contributed by atoms with van der Waals surface area (Å²) in [7, 11) is 0. The minimum absolute atomic E-state index is 0.346. The van der Waals surface area contributed by atoms with E-state index in [1.54, 1.807) is 29.4 Å². The van der Waals surface area contributed by atoms with Crippen molar-refractivity contribution in [1.29, 1.82) is 0 Å². The van der Waals surface area contributed by atoms with Crippen LogP contribution in [0.2, 0.25) is 0 Å². The van der Waals surface area contributed by atoms with Crippen LogP contribution in [-0.4, -0.2) is 25.4 Å². The Bertz CT molecular complexity index is 755. The highest BCUT2D eigenvalue weighted by Gasteiger charge is 2.08. The summed E-state index contributed by atoms with van der Waals surface area (Å²) in [5.41, 5.74) is 0.346. The van der Waals surface area contributed by atoms with E-state index in [-0.39, 0.29) is 5.91 Å². The predicted octanol–water partition coefficient (Wildman–Crippen LogP) is 2.05. The second-order valence-electron chi connectivity index (χ2n) is 4.19. The van der Waals surface area contributed by atoms with E-state index >= 15 is 0 Å². The zero-order chi connectivity index (χ0) is 14.7. The monoisotopic (exact) mass is 283 g/mol. The van der Waals surface area contributed by atoms with Crippen LogP contribution in [0, 0.1) is 5.82 Å². The summed E-state index contributed by atoms with van der Waals surface area (Å²) >= 11 is 0. The Kier molecular flexibility index (Phi) is 3.38. The Labute approximate surface area is 119 Å². The molecule has 3 aromatic rings. The highest BCUT2D eigenvalue weighted by atomic mass is 19.1. The zero-order valence-corrected chi connectivity index (χ0v) is 10.8. The smallest absolute Gasteiger partial charge is 0.256 e. The van der Waals surface area contributed by atoms with Crippen LogP contribution in [0.15, 0.2) is 55.4 Å². The van der Waals surface area contributed by atoms with Crippen molar-refractivity contribution < 1.29 is 9.18 Å². The third kappa shape index (κ3) is 2.92. The van der Waals surface area contributed by atoms with E-state index in [9.17, 15) is 9.18 Å². The quantitative estimate of drug-likeness (QED) is 0.798. The molecule has 1 N–H and O–H groups in total. The Morgan fingerprint density at radius 3 is 2.71 bits per heavy atom. The van der Waals surface area contributed by atoms with Crippen LogP contribution in [0.4, 0.5) is 10.2 Å². The minimum Gasteiger partial charge on any atom is -0.306 e. The predicted molar refractivity (Wildman–Crippen MR) is 73.5 cm³/mol. The van der Waals surface area contributed by atoms with Crippen LogP contribution in [0.3, 0.4) is 0 Å². The molecule has 0 unspecified atom stereocenters. The summed E-state index contributed by atoms with van der Waals surface area (Å²) < 4.78 is 14.5. The summed E-state index contributed by atoms with van der Waals surface area (Å²) in [6, 6.07) is 6.88. The Hall–Kier alpha value is -3.09. The standard InChI is InChI=1S/C14H10FN5O/c15-11-3-1-10(2-4-11)14(21)19-12-7-13(18-8-17-12)20-6-5-16-9-20/h1-9H,(H,17,18,19,21). The average Bonchev–Trinajstić information content (AvgIpc) is 3.02. The second kappa shape index (κ2) is 5.49. The molecular weight excluding hydrogens is 273 g/mol. The van der Waals surface area contributed by atoms with Gasteiger partial charge < -0.3 is 5.32 Å². The molecule has 104 valence electrons. The van der Waals surface area contributed by atoms with Crippen molar-refractivity contribution in [3.05, 3.63) is 66.8 Å². The third-order valence-corrected chi connectivity index (χ3v) is 2.77. The van der Waals surface area contributed by atoms with Crippen LogP contribution in [0.5, 0.6) is 0 Å². The molecule has 6 nitrogen and oxygen atoms in total. The topological polar surface area (TPSA) is 72.7 Å². The molecular formula is C14H10FN5O. The highest BCUT2D eigenvalue weighted by Crippen LogP contribution is 2.10. The molecule has 1 amide bonds. The number of carbonyl (C=O) groups is 1. The number of hydrogen-bond acceptors (Lipinski definition) is 4. The number of imidazole rings is 1. The van der Waals surface area contributed by atoms with Gasteiger partial charge in [-0.1, -0.05) is 0 Å². The number of nitrogens with zero attached hydrogens (tertiary/aromatic N) is 4. The Morgan fingerprint density at radius 2 is 2.00 bits per heavy atom. The molecule has 0 aliphatic carbocycles. The SMILES string of the molecule is O=C(Nc1cc(-n2ccnc2)ncn1)c1ccc(F)cc1. The van der Waals surface area contributed by atoms with E-state index in [4.69, 9.17) is 0 Å². The van der Waals surface area contributed by atoms with Gasteiger partial charge in [0.1, 0.15) is 30.1 Å². The number of aromatic nitrogens is 4. The number of nitrogens with one attached hydrogen (secondary N) is 1. The molecule has 0 saturated heterocycles. The molecule has 0 radical (unpaired) electrons. The fourth-order valence-corrected chi connectivity index (χ4v) is 1.74. The number of halogens is 1. The first kappa shape index (κ1) is 12.9. The number of benzene rings is 1.